The summed E-state index contributed by atoms with van der Waals surface area (Å²) >= 11 is 0. The van der Waals surface area contributed by atoms with Crippen molar-refractivity contribution in [3.8, 4) is 0 Å². The Bertz CT molecular complexity index is 1250. The molecule has 10 nitrogen and oxygen atoms in total. The van der Waals surface area contributed by atoms with Crippen molar-refractivity contribution in [2.45, 2.75) is 47.1 Å². The third-order valence-electron chi connectivity index (χ3n) is 5.68. The average molecular weight is 485 g/mol. The average Bonchev–Trinajstić information content (AvgIpc) is 3.43. The summed E-state index contributed by atoms with van der Waals surface area (Å²) in [5.74, 6) is -1.36. The molecule has 0 radical (unpaired) electrons. The summed E-state index contributed by atoms with van der Waals surface area (Å²) in [7, 11) is 2.67. The van der Waals surface area contributed by atoms with E-state index in [0.717, 1.165) is 18.4 Å². The number of ether oxygens (including phenoxy) is 3. The van der Waals surface area contributed by atoms with Crippen molar-refractivity contribution in [2.24, 2.45) is 5.73 Å². The van der Waals surface area contributed by atoms with Crippen molar-refractivity contribution in [3.05, 3.63) is 63.6 Å². The zero-order valence-electron chi connectivity index (χ0n) is 19.9. The highest BCUT2D eigenvalue weighted by Crippen LogP contribution is 2.33. The lowest BCUT2D eigenvalue weighted by Gasteiger charge is -2.10. The minimum Gasteiger partial charge on any atom is -0.465 e. The fraction of sp³-hybridized carbons (Fsp3) is 0.400. The van der Waals surface area contributed by atoms with Gasteiger partial charge in [0.25, 0.3) is 0 Å². The van der Waals surface area contributed by atoms with E-state index in [1.54, 1.807) is 19.9 Å². The molecule has 0 aliphatic heterocycles. The second kappa shape index (κ2) is 11.6. The van der Waals surface area contributed by atoms with Crippen molar-refractivity contribution in [1.82, 2.24) is 14.6 Å². The van der Waals surface area contributed by atoms with Gasteiger partial charge in [-0.05, 0) is 62.4 Å². The Balaban J connectivity index is 0.000000246. The topological polar surface area (TPSA) is 135 Å². The fourth-order valence-corrected chi connectivity index (χ4v) is 3.92. The Morgan fingerprint density at radius 3 is 2.40 bits per heavy atom. The van der Waals surface area contributed by atoms with Crippen LogP contribution in [-0.2, 0) is 20.6 Å². The van der Waals surface area contributed by atoms with Gasteiger partial charge in [-0.25, -0.2) is 23.9 Å². The van der Waals surface area contributed by atoms with E-state index in [2.05, 4.69) is 14.8 Å². The molecule has 1 aliphatic carbocycles. The number of fused-ring (bicyclic) bond motifs is 2. The van der Waals surface area contributed by atoms with Crippen molar-refractivity contribution in [1.29, 1.82) is 0 Å². The molecule has 0 bridgehead atoms. The van der Waals surface area contributed by atoms with Gasteiger partial charge >= 0.3 is 17.9 Å². The van der Waals surface area contributed by atoms with Crippen LogP contribution in [0.4, 0.5) is 0 Å². The number of methoxy groups -OCH3 is 2. The Hall–Kier alpha value is -3.79. The summed E-state index contributed by atoms with van der Waals surface area (Å²) in [5, 5.41) is 4.05. The first-order valence-electron chi connectivity index (χ1n) is 10.8. The number of aromatic nitrogens is 3. The van der Waals surface area contributed by atoms with Crippen molar-refractivity contribution < 1.29 is 28.6 Å². The van der Waals surface area contributed by atoms with Crippen LogP contribution in [-0.4, -0.2) is 53.3 Å². The molecule has 4 rings (SSSR count). The highest BCUT2D eigenvalue weighted by molar-refractivity contribution is 5.96. The first-order chi connectivity index (χ1) is 16.2. The molecular formula is C25H32N4O6. The number of nitrogens with two attached hydrogens (primary N) is 1. The van der Waals surface area contributed by atoms with Gasteiger partial charge in [-0.3, -0.25) is 0 Å². The van der Waals surface area contributed by atoms with E-state index >= 15 is 0 Å². The molecular weight excluding hydrogens is 452 g/mol. The first kappa shape index (κ1) is 27.5. The maximum absolute atomic E-state index is 11.8. The summed E-state index contributed by atoms with van der Waals surface area (Å²) in [4.78, 5) is 38.8. The third kappa shape index (κ3) is 5.48. The van der Waals surface area contributed by atoms with Gasteiger partial charge in [0, 0.05) is 11.7 Å². The lowest BCUT2D eigenvalue weighted by molar-refractivity contribution is 0.0525. The number of carbonyl (C=O) groups is 3. The monoisotopic (exact) mass is 484 g/mol. The second-order valence-corrected chi connectivity index (χ2v) is 7.73. The number of benzene rings is 1. The van der Waals surface area contributed by atoms with Gasteiger partial charge in [0.05, 0.1) is 32.6 Å². The van der Waals surface area contributed by atoms with Crippen LogP contribution in [0.25, 0.3) is 5.65 Å². The minimum absolute atomic E-state index is 0. The molecule has 0 spiro atoms. The molecule has 0 unspecified atom stereocenters. The summed E-state index contributed by atoms with van der Waals surface area (Å²) in [6, 6.07) is 5.43. The third-order valence-corrected chi connectivity index (χ3v) is 5.68. The van der Waals surface area contributed by atoms with Crippen molar-refractivity contribution in [2.75, 3.05) is 20.8 Å². The molecule has 2 aromatic heterocycles. The van der Waals surface area contributed by atoms with E-state index in [1.165, 1.54) is 36.1 Å². The fourth-order valence-electron chi connectivity index (χ4n) is 3.92. The second-order valence-electron chi connectivity index (χ2n) is 7.73. The minimum atomic E-state index is -0.568. The molecule has 188 valence electrons. The van der Waals surface area contributed by atoms with Gasteiger partial charge in [0.2, 0.25) is 0 Å². The number of esters is 3. The molecule has 0 saturated heterocycles. The zero-order chi connectivity index (χ0) is 25.0. The van der Waals surface area contributed by atoms with Crippen LogP contribution in [0.2, 0.25) is 0 Å². The quantitative estimate of drug-likeness (QED) is 0.437. The summed E-state index contributed by atoms with van der Waals surface area (Å²) in [6.45, 7) is 5.68. The number of nitrogens with zero attached hydrogens (tertiary/aromatic N) is 3. The highest BCUT2D eigenvalue weighted by atomic mass is 16.5. The molecule has 0 saturated carbocycles. The maximum atomic E-state index is 11.8. The van der Waals surface area contributed by atoms with Crippen LogP contribution >= 0.6 is 0 Å². The number of rotatable bonds is 4. The van der Waals surface area contributed by atoms with Crippen molar-refractivity contribution in [3.63, 3.8) is 0 Å². The highest BCUT2D eigenvalue weighted by Gasteiger charge is 2.23. The molecule has 1 atom stereocenters. The van der Waals surface area contributed by atoms with Crippen LogP contribution in [0, 0.1) is 13.8 Å². The Morgan fingerprint density at radius 1 is 1.09 bits per heavy atom. The number of carbonyl (C=O) groups excluding carboxylic acids is 3. The Kier molecular flexibility index (Phi) is 9.07. The van der Waals surface area contributed by atoms with Gasteiger partial charge < -0.3 is 19.9 Å². The van der Waals surface area contributed by atoms with Crippen molar-refractivity contribution >= 4 is 23.6 Å². The molecule has 0 amide bonds. The summed E-state index contributed by atoms with van der Waals surface area (Å²) in [6.07, 6.45) is 3.31. The number of hydrogen-bond donors (Lipinski definition) is 1. The van der Waals surface area contributed by atoms with Crippen LogP contribution in [0.15, 0.2) is 24.4 Å². The number of hydrogen-bond acceptors (Lipinski definition) is 9. The molecule has 10 heteroatoms. The van der Waals surface area contributed by atoms with E-state index in [1.807, 2.05) is 19.1 Å². The zero-order valence-corrected chi connectivity index (χ0v) is 19.9. The van der Waals surface area contributed by atoms with E-state index in [0.29, 0.717) is 11.3 Å². The van der Waals surface area contributed by atoms with Gasteiger partial charge in [-0.1, -0.05) is 13.5 Å². The molecule has 3 aromatic rings. The van der Waals surface area contributed by atoms with Crippen LogP contribution in [0.3, 0.4) is 0 Å². The lowest BCUT2D eigenvalue weighted by Crippen LogP contribution is -2.10. The van der Waals surface area contributed by atoms with Gasteiger partial charge in [-0.2, -0.15) is 5.10 Å². The SMILES string of the molecule is C.CCOC(=O)c1cnn2c(C)cc(C(=O)OC)nc12.COC(=O)c1ccc2c(c1C)CC[C@@H]2N. The molecule has 35 heavy (non-hydrogen) atoms. The summed E-state index contributed by atoms with van der Waals surface area (Å²) < 4.78 is 15.7. The van der Waals surface area contributed by atoms with Crippen LogP contribution in [0.1, 0.15) is 80.4 Å². The molecule has 1 aliphatic rings. The Morgan fingerprint density at radius 2 is 1.77 bits per heavy atom. The van der Waals surface area contributed by atoms with E-state index in [-0.39, 0.29) is 42.9 Å². The van der Waals surface area contributed by atoms with Gasteiger partial charge in [-0.15, -0.1) is 0 Å². The maximum Gasteiger partial charge on any atom is 0.356 e. The van der Waals surface area contributed by atoms with E-state index in [9.17, 15) is 14.4 Å². The Labute approximate surface area is 204 Å². The summed E-state index contributed by atoms with van der Waals surface area (Å²) in [5.41, 5.74) is 11.3. The molecule has 2 heterocycles. The van der Waals surface area contributed by atoms with Crippen LogP contribution < -0.4 is 5.73 Å². The van der Waals surface area contributed by atoms with E-state index in [4.69, 9.17) is 15.2 Å². The van der Waals surface area contributed by atoms with E-state index < -0.39 is 11.9 Å². The predicted molar refractivity (Wildman–Crippen MR) is 130 cm³/mol. The van der Waals surface area contributed by atoms with Gasteiger partial charge in [0.15, 0.2) is 11.3 Å². The normalized spacial score (nSPS) is 13.7. The smallest absolute Gasteiger partial charge is 0.356 e. The lowest BCUT2D eigenvalue weighted by atomic mass is 9.98. The first-order valence-corrected chi connectivity index (χ1v) is 10.8. The predicted octanol–water partition coefficient (Wildman–Crippen LogP) is 3.36. The standard InChI is InChI=1S/C12H13N3O4.C12H15NO2.CH4/c1-4-19-11(16)8-6-13-15-7(2)5-9(12(17)18-3)14-10(8)15;1-7-8-5-6-11(13)10(8)4-3-9(7)12(14)15-2;/h5-6H,4H2,1-3H3;3-4,11H,5-6,13H2,1-2H3;1H4/t;11-;/m.0./s1. The molecule has 2 N–H and O–H groups in total. The van der Waals surface area contributed by atoms with Crippen LogP contribution in [0.5, 0.6) is 0 Å². The molecule has 0 fully saturated rings. The van der Waals surface area contributed by atoms with Gasteiger partial charge in [0.1, 0.15) is 5.56 Å². The number of aryl methyl sites for hydroxylation is 1. The molecule has 1 aromatic carbocycles. The largest absolute Gasteiger partial charge is 0.465 e.